The third-order valence-electron chi connectivity index (χ3n) is 3.15. The lowest BCUT2D eigenvalue weighted by atomic mass is 9.83. The summed E-state index contributed by atoms with van der Waals surface area (Å²) in [5, 5.41) is 14.5. The number of nitrogens with one attached hydrogen (secondary N) is 2. The average Bonchev–Trinajstić information content (AvgIpc) is 2.74. The van der Waals surface area contributed by atoms with Crippen LogP contribution in [-0.2, 0) is 4.79 Å². The van der Waals surface area contributed by atoms with Crippen molar-refractivity contribution < 1.29 is 4.79 Å². The molecular formula is C11H19N3O. The van der Waals surface area contributed by atoms with Crippen molar-refractivity contribution in [1.29, 1.82) is 5.26 Å². The van der Waals surface area contributed by atoms with E-state index in [9.17, 15) is 4.79 Å². The van der Waals surface area contributed by atoms with E-state index < -0.39 is 0 Å². The van der Waals surface area contributed by atoms with Gasteiger partial charge in [0.05, 0.1) is 11.5 Å². The lowest BCUT2D eigenvalue weighted by Gasteiger charge is -2.25. The van der Waals surface area contributed by atoms with Gasteiger partial charge in [0.1, 0.15) is 0 Å². The summed E-state index contributed by atoms with van der Waals surface area (Å²) in [7, 11) is 0. The van der Waals surface area contributed by atoms with Crippen LogP contribution in [0.2, 0.25) is 0 Å². The molecule has 4 heteroatoms. The van der Waals surface area contributed by atoms with Gasteiger partial charge in [-0.15, -0.1) is 0 Å². The van der Waals surface area contributed by atoms with Gasteiger partial charge in [0.2, 0.25) is 5.91 Å². The van der Waals surface area contributed by atoms with Crippen LogP contribution in [0.3, 0.4) is 0 Å². The fourth-order valence-corrected chi connectivity index (χ4v) is 1.96. The summed E-state index contributed by atoms with van der Waals surface area (Å²) >= 11 is 0. The molecule has 2 N–H and O–H groups in total. The number of unbranched alkanes of at least 4 members (excludes halogenated alkanes) is 1. The third-order valence-corrected chi connectivity index (χ3v) is 3.15. The molecule has 1 aliphatic heterocycles. The minimum atomic E-state index is -0.202. The maximum atomic E-state index is 11.9. The highest BCUT2D eigenvalue weighted by Crippen LogP contribution is 2.29. The van der Waals surface area contributed by atoms with Crippen LogP contribution in [0.1, 0.15) is 32.6 Å². The Labute approximate surface area is 91.0 Å². The number of nitrogens with zero attached hydrogens (tertiary/aromatic N) is 1. The Hall–Kier alpha value is -1.08. The topological polar surface area (TPSA) is 64.9 Å². The van der Waals surface area contributed by atoms with Crippen molar-refractivity contribution in [1.82, 2.24) is 10.6 Å². The molecule has 1 aliphatic rings. The molecule has 0 bridgehead atoms. The van der Waals surface area contributed by atoms with Gasteiger partial charge in [0, 0.05) is 19.5 Å². The third kappa shape index (κ3) is 2.93. The predicted molar refractivity (Wildman–Crippen MR) is 58.1 cm³/mol. The van der Waals surface area contributed by atoms with Gasteiger partial charge in [0.15, 0.2) is 0 Å². The summed E-state index contributed by atoms with van der Waals surface area (Å²) < 4.78 is 0. The fourth-order valence-electron chi connectivity index (χ4n) is 1.96. The number of hydrogen-bond donors (Lipinski definition) is 2. The van der Waals surface area contributed by atoms with Crippen LogP contribution in [0.5, 0.6) is 0 Å². The second-order valence-electron chi connectivity index (χ2n) is 4.08. The molecule has 0 aromatic carbocycles. The molecule has 1 atom stereocenters. The maximum Gasteiger partial charge on any atom is 0.227 e. The highest BCUT2D eigenvalue weighted by Gasteiger charge is 2.38. The van der Waals surface area contributed by atoms with Crippen LogP contribution in [0, 0.1) is 16.7 Å². The van der Waals surface area contributed by atoms with E-state index in [0.29, 0.717) is 13.0 Å². The van der Waals surface area contributed by atoms with E-state index in [0.717, 1.165) is 32.4 Å². The van der Waals surface area contributed by atoms with Crippen molar-refractivity contribution in [3.05, 3.63) is 0 Å². The van der Waals surface area contributed by atoms with E-state index in [-0.39, 0.29) is 11.3 Å². The summed E-state index contributed by atoms with van der Waals surface area (Å²) in [6.45, 7) is 4.39. The minimum absolute atomic E-state index is 0.146. The summed E-state index contributed by atoms with van der Waals surface area (Å²) in [5.41, 5.74) is -0.202. The van der Waals surface area contributed by atoms with Gasteiger partial charge in [-0.05, 0) is 25.8 Å². The molecule has 1 unspecified atom stereocenters. The SMILES string of the molecule is CCC1(C(=O)NCCCC#N)CCNC1. The molecular weight excluding hydrogens is 190 g/mol. The van der Waals surface area contributed by atoms with Crippen molar-refractivity contribution in [2.24, 2.45) is 5.41 Å². The lowest BCUT2D eigenvalue weighted by Crippen LogP contribution is -2.42. The van der Waals surface area contributed by atoms with Crippen LogP contribution in [0.25, 0.3) is 0 Å². The largest absolute Gasteiger partial charge is 0.356 e. The van der Waals surface area contributed by atoms with Gasteiger partial charge in [-0.2, -0.15) is 5.26 Å². The van der Waals surface area contributed by atoms with E-state index >= 15 is 0 Å². The Kier molecular flexibility index (Phi) is 4.57. The van der Waals surface area contributed by atoms with Crippen molar-refractivity contribution in [2.45, 2.75) is 32.6 Å². The highest BCUT2D eigenvalue weighted by molar-refractivity contribution is 5.83. The van der Waals surface area contributed by atoms with Crippen molar-refractivity contribution in [3.8, 4) is 6.07 Å². The van der Waals surface area contributed by atoms with Gasteiger partial charge in [0.25, 0.3) is 0 Å². The minimum Gasteiger partial charge on any atom is -0.356 e. The van der Waals surface area contributed by atoms with E-state index in [2.05, 4.69) is 23.6 Å². The van der Waals surface area contributed by atoms with Crippen LogP contribution in [0.4, 0.5) is 0 Å². The first kappa shape index (κ1) is 12.0. The molecule has 0 radical (unpaired) electrons. The Morgan fingerprint density at radius 2 is 2.47 bits per heavy atom. The van der Waals surface area contributed by atoms with Gasteiger partial charge >= 0.3 is 0 Å². The van der Waals surface area contributed by atoms with Gasteiger partial charge in [-0.1, -0.05) is 6.92 Å². The number of carbonyl (C=O) groups excluding carboxylic acids is 1. The molecule has 1 saturated heterocycles. The van der Waals surface area contributed by atoms with E-state index in [1.807, 2.05) is 0 Å². The van der Waals surface area contributed by atoms with E-state index in [4.69, 9.17) is 5.26 Å². The predicted octanol–water partition coefficient (Wildman–Crippen LogP) is 0.796. The smallest absolute Gasteiger partial charge is 0.227 e. The second-order valence-corrected chi connectivity index (χ2v) is 4.08. The molecule has 15 heavy (non-hydrogen) atoms. The van der Waals surface area contributed by atoms with Gasteiger partial charge < -0.3 is 10.6 Å². The number of carbonyl (C=O) groups is 1. The molecule has 0 spiro atoms. The number of hydrogen-bond acceptors (Lipinski definition) is 3. The zero-order chi connectivity index (χ0) is 11.1. The van der Waals surface area contributed by atoms with E-state index in [1.165, 1.54) is 0 Å². The van der Waals surface area contributed by atoms with E-state index in [1.54, 1.807) is 0 Å². The average molecular weight is 209 g/mol. The molecule has 1 rings (SSSR count). The summed E-state index contributed by atoms with van der Waals surface area (Å²) in [6, 6.07) is 2.07. The van der Waals surface area contributed by atoms with Crippen LogP contribution < -0.4 is 10.6 Å². The van der Waals surface area contributed by atoms with Crippen molar-refractivity contribution in [3.63, 3.8) is 0 Å². The molecule has 1 fully saturated rings. The summed E-state index contributed by atoms with van der Waals surface area (Å²) in [4.78, 5) is 11.9. The second kappa shape index (κ2) is 5.72. The first-order valence-electron chi connectivity index (χ1n) is 5.61. The zero-order valence-corrected chi connectivity index (χ0v) is 9.31. The van der Waals surface area contributed by atoms with Gasteiger partial charge in [-0.3, -0.25) is 4.79 Å². The quantitative estimate of drug-likeness (QED) is 0.658. The lowest BCUT2D eigenvalue weighted by molar-refractivity contribution is -0.130. The monoisotopic (exact) mass is 209 g/mol. The summed E-state index contributed by atoms with van der Waals surface area (Å²) in [6.07, 6.45) is 3.06. The number of amides is 1. The molecule has 4 nitrogen and oxygen atoms in total. The van der Waals surface area contributed by atoms with Gasteiger partial charge in [-0.25, -0.2) is 0 Å². The van der Waals surface area contributed by atoms with Crippen LogP contribution >= 0.6 is 0 Å². The van der Waals surface area contributed by atoms with Crippen LogP contribution in [-0.4, -0.2) is 25.5 Å². The highest BCUT2D eigenvalue weighted by atomic mass is 16.2. The normalized spacial score (nSPS) is 24.8. The molecule has 84 valence electrons. The number of nitriles is 1. The first-order chi connectivity index (χ1) is 7.25. The van der Waals surface area contributed by atoms with Crippen molar-refractivity contribution in [2.75, 3.05) is 19.6 Å². The Bertz CT molecular complexity index is 251. The first-order valence-corrected chi connectivity index (χ1v) is 5.61. The molecule has 0 aromatic heterocycles. The fraction of sp³-hybridized carbons (Fsp3) is 0.818. The maximum absolute atomic E-state index is 11.9. The molecule has 0 aromatic rings. The molecule has 1 amide bonds. The molecule has 1 heterocycles. The molecule has 0 aliphatic carbocycles. The van der Waals surface area contributed by atoms with Crippen molar-refractivity contribution >= 4 is 5.91 Å². The number of rotatable bonds is 5. The Morgan fingerprint density at radius 1 is 1.67 bits per heavy atom. The Balaban J connectivity index is 2.34. The standard InChI is InChI=1S/C11H19N3O/c1-2-11(5-8-13-9-11)10(15)14-7-4-3-6-12/h13H,2-5,7-9H2,1H3,(H,14,15). The van der Waals surface area contributed by atoms with Crippen LogP contribution in [0.15, 0.2) is 0 Å². The Morgan fingerprint density at radius 3 is 3.00 bits per heavy atom. The summed E-state index contributed by atoms with van der Waals surface area (Å²) in [5.74, 6) is 0.146. The molecule has 0 saturated carbocycles. The zero-order valence-electron chi connectivity index (χ0n) is 9.31.